The Bertz CT molecular complexity index is 744. The van der Waals surface area contributed by atoms with Crippen LogP contribution in [0.2, 0.25) is 0 Å². The molecule has 2 aromatic carbocycles. The predicted octanol–water partition coefficient (Wildman–Crippen LogP) is 3.19. The molecule has 21 heavy (non-hydrogen) atoms. The number of nitrogen functional groups attached to an aromatic ring is 1. The van der Waals surface area contributed by atoms with E-state index in [-0.39, 0.29) is 22.9 Å². The minimum atomic E-state index is -3.45. The van der Waals surface area contributed by atoms with Crippen LogP contribution in [-0.2, 0) is 9.84 Å². The SMILES string of the molecule is Cc1ccc(S(=O)(=O)CCOc2cccc(Br)c2)c(N)c1. The monoisotopic (exact) mass is 369 g/mol. The molecule has 0 unspecified atom stereocenters. The molecule has 4 nitrogen and oxygen atoms in total. The van der Waals surface area contributed by atoms with Gasteiger partial charge in [-0.2, -0.15) is 0 Å². The molecule has 2 aromatic rings. The van der Waals surface area contributed by atoms with E-state index in [4.69, 9.17) is 10.5 Å². The van der Waals surface area contributed by atoms with Crippen LogP contribution in [0.5, 0.6) is 5.75 Å². The van der Waals surface area contributed by atoms with Crippen molar-refractivity contribution < 1.29 is 13.2 Å². The fraction of sp³-hybridized carbons (Fsp3) is 0.200. The molecule has 0 aliphatic carbocycles. The van der Waals surface area contributed by atoms with Crippen LogP contribution < -0.4 is 10.5 Å². The zero-order chi connectivity index (χ0) is 15.5. The summed E-state index contributed by atoms with van der Waals surface area (Å²) in [5.74, 6) is 0.503. The van der Waals surface area contributed by atoms with Crippen LogP contribution in [0.1, 0.15) is 5.56 Å². The second-order valence-electron chi connectivity index (χ2n) is 4.67. The fourth-order valence-corrected chi connectivity index (χ4v) is 3.48. The zero-order valence-electron chi connectivity index (χ0n) is 11.5. The van der Waals surface area contributed by atoms with Gasteiger partial charge in [0.05, 0.1) is 16.3 Å². The molecular formula is C15H16BrNO3S. The van der Waals surface area contributed by atoms with Gasteiger partial charge in [-0.25, -0.2) is 8.42 Å². The number of hydrogen-bond acceptors (Lipinski definition) is 4. The first kappa shape index (κ1) is 15.9. The van der Waals surface area contributed by atoms with Crippen molar-refractivity contribution in [2.24, 2.45) is 0 Å². The molecule has 2 N–H and O–H groups in total. The van der Waals surface area contributed by atoms with E-state index < -0.39 is 9.84 Å². The molecule has 0 radical (unpaired) electrons. The average Bonchev–Trinajstić information content (AvgIpc) is 2.38. The van der Waals surface area contributed by atoms with E-state index in [0.29, 0.717) is 5.75 Å². The quantitative estimate of drug-likeness (QED) is 0.821. The number of rotatable bonds is 5. The Morgan fingerprint density at radius 3 is 2.62 bits per heavy atom. The van der Waals surface area contributed by atoms with Crippen LogP contribution in [0.3, 0.4) is 0 Å². The molecule has 6 heteroatoms. The van der Waals surface area contributed by atoms with Crippen molar-refractivity contribution in [2.45, 2.75) is 11.8 Å². The lowest BCUT2D eigenvalue weighted by atomic mass is 10.2. The predicted molar refractivity (Wildman–Crippen MR) is 87.3 cm³/mol. The lowest BCUT2D eigenvalue weighted by Crippen LogP contribution is -2.15. The van der Waals surface area contributed by atoms with E-state index >= 15 is 0 Å². The highest BCUT2D eigenvalue weighted by atomic mass is 79.9. The van der Waals surface area contributed by atoms with Gasteiger partial charge in [0.2, 0.25) is 0 Å². The van der Waals surface area contributed by atoms with Crippen LogP contribution in [0.25, 0.3) is 0 Å². The van der Waals surface area contributed by atoms with E-state index in [1.54, 1.807) is 30.3 Å². The Labute approximate surface area is 133 Å². The van der Waals surface area contributed by atoms with Gasteiger partial charge < -0.3 is 10.5 Å². The van der Waals surface area contributed by atoms with Crippen LogP contribution in [0.15, 0.2) is 51.8 Å². The van der Waals surface area contributed by atoms with E-state index in [9.17, 15) is 8.42 Å². The first-order valence-electron chi connectivity index (χ1n) is 6.36. The van der Waals surface area contributed by atoms with Gasteiger partial charge >= 0.3 is 0 Å². The number of halogens is 1. The molecule has 0 fully saturated rings. The maximum absolute atomic E-state index is 12.3. The standard InChI is InChI=1S/C15H16BrNO3S/c1-11-5-6-15(14(17)9-11)21(18,19)8-7-20-13-4-2-3-12(16)10-13/h2-6,9-10H,7-8,17H2,1H3. The Morgan fingerprint density at radius 1 is 1.19 bits per heavy atom. The summed E-state index contributed by atoms with van der Waals surface area (Å²) in [6.07, 6.45) is 0. The molecule has 0 aliphatic rings. The van der Waals surface area contributed by atoms with Crippen LogP contribution >= 0.6 is 15.9 Å². The molecule has 2 rings (SSSR count). The van der Waals surface area contributed by atoms with Crippen molar-refractivity contribution in [3.05, 3.63) is 52.5 Å². The highest BCUT2D eigenvalue weighted by molar-refractivity contribution is 9.10. The summed E-state index contributed by atoms with van der Waals surface area (Å²) >= 11 is 3.33. The minimum Gasteiger partial charge on any atom is -0.492 e. The highest BCUT2D eigenvalue weighted by Gasteiger charge is 2.17. The molecule has 0 spiro atoms. The zero-order valence-corrected chi connectivity index (χ0v) is 13.9. The Kier molecular flexibility index (Phi) is 4.90. The molecule has 0 aliphatic heterocycles. The molecule has 112 valence electrons. The summed E-state index contributed by atoms with van der Waals surface area (Å²) in [5, 5.41) is 0. The third kappa shape index (κ3) is 4.22. The van der Waals surface area contributed by atoms with E-state index in [1.165, 1.54) is 0 Å². The maximum Gasteiger partial charge on any atom is 0.183 e. The van der Waals surface area contributed by atoms with Crippen LogP contribution in [0.4, 0.5) is 5.69 Å². The summed E-state index contributed by atoms with van der Waals surface area (Å²) < 4.78 is 30.8. The van der Waals surface area contributed by atoms with Crippen molar-refractivity contribution in [3.63, 3.8) is 0 Å². The molecule has 0 heterocycles. The van der Waals surface area contributed by atoms with Crippen molar-refractivity contribution in [1.82, 2.24) is 0 Å². The molecule has 0 saturated heterocycles. The number of ether oxygens (including phenoxy) is 1. The van der Waals surface area contributed by atoms with Crippen molar-refractivity contribution in [2.75, 3.05) is 18.1 Å². The van der Waals surface area contributed by atoms with Crippen LogP contribution in [-0.4, -0.2) is 20.8 Å². The first-order valence-corrected chi connectivity index (χ1v) is 8.80. The molecular weight excluding hydrogens is 354 g/mol. The fourth-order valence-electron chi connectivity index (χ4n) is 1.89. The topological polar surface area (TPSA) is 69.4 Å². The van der Waals surface area contributed by atoms with Gasteiger partial charge in [0, 0.05) is 4.47 Å². The summed E-state index contributed by atoms with van der Waals surface area (Å²) in [4.78, 5) is 0.158. The van der Waals surface area contributed by atoms with Gasteiger partial charge in [-0.05, 0) is 42.8 Å². The second kappa shape index (κ2) is 6.49. The maximum atomic E-state index is 12.3. The van der Waals surface area contributed by atoms with Gasteiger partial charge in [0.25, 0.3) is 0 Å². The molecule has 0 saturated carbocycles. The number of benzene rings is 2. The summed E-state index contributed by atoms with van der Waals surface area (Å²) in [5.41, 5.74) is 6.99. The van der Waals surface area contributed by atoms with Crippen molar-refractivity contribution >= 4 is 31.5 Å². The molecule has 0 amide bonds. The summed E-state index contributed by atoms with van der Waals surface area (Å²) in [6.45, 7) is 1.94. The summed E-state index contributed by atoms with van der Waals surface area (Å²) in [7, 11) is -3.45. The van der Waals surface area contributed by atoms with E-state index in [1.807, 2.05) is 19.1 Å². The lowest BCUT2D eigenvalue weighted by Gasteiger charge is -2.10. The summed E-state index contributed by atoms with van der Waals surface area (Å²) in [6, 6.07) is 12.2. The number of anilines is 1. The number of aryl methyl sites for hydroxylation is 1. The molecule has 0 bridgehead atoms. The first-order chi connectivity index (χ1) is 9.88. The van der Waals surface area contributed by atoms with Gasteiger partial charge in [-0.3, -0.25) is 0 Å². The van der Waals surface area contributed by atoms with Crippen LogP contribution in [0, 0.1) is 6.92 Å². The molecule has 0 aromatic heterocycles. The third-order valence-corrected chi connectivity index (χ3v) is 5.16. The van der Waals surface area contributed by atoms with Crippen molar-refractivity contribution in [3.8, 4) is 5.75 Å². The number of sulfone groups is 1. The van der Waals surface area contributed by atoms with E-state index in [2.05, 4.69) is 15.9 Å². The minimum absolute atomic E-state index is 0.0755. The second-order valence-corrected chi connectivity index (χ2v) is 7.66. The Balaban J connectivity index is 2.05. The Morgan fingerprint density at radius 2 is 1.95 bits per heavy atom. The number of nitrogens with two attached hydrogens (primary N) is 1. The third-order valence-electron chi connectivity index (χ3n) is 2.92. The van der Waals surface area contributed by atoms with Gasteiger partial charge in [0.1, 0.15) is 12.4 Å². The highest BCUT2D eigenvalue weighted by Crippen LogP contribution is 2.22. The molecule has 0 atom stereocenters. The van der Waals surface area contributed by atoms with Gasteiger partial charge in [-0.15, -0.1) is 0 Å². The number of hydrogen-bond donors (Lipinski definition) is 1. The van der Waals surface area contributed by atoms with Crippen molar-refractivity contribution in [1.29, 1.82) is 0 Å². The van der Waals surface area contributed by atoms with Gasteiger partial charge in [0.15, 0.2) is 9.84 Å². The smallest absolute Gasteiger partial charge is 0.183 e. The normalized spacial score (nSPS) is 11.3. The van der Waals surface area contributed by atoms with Gasteiger partial charge in [-0.1, -0.05) is 28.1 Å². The lowest BCUT2D eigenvalue weighted by molar-refractivity contribution is 0.340. The largest absolute Gasteiger partial charge is 0.492 e. The average molecular weight is 370 g/mol. The Hall–Kier alpha value is -1.53. The van der Waals surface area contributed by atoms with E-state index in [0.717, 1.165) is 10.0 Å².